The average molecular weight is 663 g/mol. The first kappa shape index (κ1) is 38.1. The van der Waals surface area contributed by atoms with E-state index in [-0.39, 0.29) is 18.8 Å². The molecule has 0 aromatic heterocycles. The summed E-state index contributed by atoms with van der Waals surface area (Å²) in [6.07, 6.45) is -3.62. The molecule has 1 aromatic carbocycles. The quantitative estimate of drug-likeness (QED) is 0.134. The van der Waals surface area contributed by atoms with Crippen LogP contribution >= 0.6 is 0 Å². The van der Waals surface area contributed by atoms with Gasteiger partial charge in [0.05, 0.1) is 18.9 Å². The van der Waals surface area contributed by atoms with Crippen LogP contribution in [-0.4, -0.2) is 105 Å². The Morgan fingerprint density at radius 1 is 0.638 bits per heavy atom. The molecule has 258 valence electrons. The van der Waals surface area contributed by atoms with E-state index >= 15 is 0 Å². The lowest BCUT2D eigenvalue weighted by Gasteiger charge is -2.29. The van der Waals surface area contributed by atoms with Crippen LogP contribution in [0.2, 0.25) is 0 Å². The third-order valence-corrected chi connectivity index (χ3v) is 7.09. The summed E-state index contributed by atoms with van der Waals surface area (Å²) >= 11 is 0. The number of carbonyl (C=O) groups is 8. The lowest BCUT2D eigenvalue weighted by molar-refractivity contribution is -0.142. The number of benzene rings is 1. The molecule has 17 nitrogen and oxygen atoms in total. The van der Waals surface area contributed by atoms with Crippen molar-refractivity contribution >= 4 is 47.4 Å². The topological polar surface area (TPSA) is 269 Å². The van der Waals surface area contributed by atoms with E-state index in [1.165, 1.54) is 6.92 Å². The van der Waals surface area contributed by atoms with Gasteiger partial charge in [-0.3, -0.25) is 38.4 Å². The number of carboxylic acid groups (broad SMARTS) is 2. The molecule has 17 heteroatoms. The average Bonchev–Trinajstić information content (AvgIpc) is 2.97. The maximum Gasteiger partial charge on any atom is 0.305 e. The van der Waals surface area contributed by atoms with E-state index in [0.29, 0.717) is 5.56 Å². The Labute approximate surface area is 270 Å². The fraction of sp³-hybridized carbons (Fsp3) is 0.533. The summed E-state index contributed by atoms with van der Waals surface area (Å²) in [5, 5.41) is 43.1. The van der Waals surface area contributed by atoms with E-state index in [9.17, 15) is 53.7 Å². The second-order valence-electron chi connectivity index (χ2n) is 11.7. The van der Waals surface area contributed by atoms with Gasteiger partial charge >= 0.3 is 11.9 Å². The predicted molar refractivity (Wildman–Crippen MR) is 163 cm³/mol. The molecule has 9 N–H and O–H groups in total. The van der Waals surface area contributed by atoms with Crippen molar-refractivity contribution in [3.05, 3.63) is 35.9 Å². The Balaban J connectivity index is 2.59. The highest BCUT2D eigenvalue weighted by molar-refractivity contribution is 5.99. The van der Waals surface area contributed by atoms with Gasteiger partial charge in [-0.1, -0.05) is 44.2 Å². The van der Waals surface area contributed by atoms with Crippen LogP contribution in [-0.2, 0) is 44.8 Å². The van der Waals surface area contributed by atoms with Gasteiger partial charge in [-0.05, 0) is 31.7 Å². The molecule has 0 aliphatic carbocycles. The summed E-state index contributed by atoms with van der Waals surface area (Å²) in [6.45, 7) is 5.92. The van der Waals surface area contributed by atoms with E-state index in [2.05, 4.69) is 31.9 Å². The number of hydrogen-bond acceptors (Lipinski definition) is 9. The Bertz CT molecular complexity index is 1340. The third-order valence-electron chi connectivity index (χ3n) is 7.09. The molecule has 1 heterocycles. The third kappa shape index (κ3) is 12.3. The number of aliphatic hydroxyl groups is 1. The first-order chi connectivity index (χ1) is 22.0. The van der Waals surface area contributed by atoms with Crippen LogP contribution in [0.3, 0.4) is 0 Å². The minimum atomic E-state index is -1.84. The van der Waals surface area contributed by atoms with Gasteiger partial charge in [0.2, 0.25) is 35.4 Å². The van der Waals surface area contributed by atoms with E-state index in [1.807, 2.05) is 0 Å². The van der Waals surface area contributed by atoms with Gasteiger partial charge in [-0.2, -0.15) is 0 Å². The number of carboxylic acids is 2. The first-order valence-electron chi connectivity index (χ1n) is 15.0. The van der Waals surface area contributed by atoms with Crippen molar-refractivity contribution in [3.8, 4) is 0 Å². The Morgan fingerprint density at radius 3 is 1.60 bits per heavy atom. The molecule has 0 saturated carbocycles. The molecule has 0 bridgehead atoms. The Kier molecular flexibility index (Phi) is 14.3. The molecule has 1 aliphatic rings. The molecular formula is C30H42N6O11. The van der Waals surface area contributed by atoms with Crippen molar-refractivity contribution < 1.29 is 53.7 Å². The van der Waals surface area contributed by atoms with E-state index < -0.39 is 103 Å². The van der Waals surface area contributed by atoms with Gasteiger partial charge in [0, 0.05) is 6.42 Å². The second kappa shape index (κ2) is 17.6. The van der Waals surface area contributed by atoms with Crippen LogP contribution in [0.4, 0.5) is 0 Å². The molecular weight excluding hydrogens is 620 g/mol. The van der Waals surface area contributed by atoms with Crippen molar-refractivity contribution in [2.24, 2.45) is 5.92 Å². The molecule has 1 aliphatic heterocycles. The monoisotopic (exact) mass is 662 g/mol. The number of aliphatic hydroxyl groups excluding tert-OH is 1. The SMILES string of the molecule is CC(C)C[C@@H]1NC(=O)[C@H](C)NC(=O)[C@@H](Cc2ccccc2)NC(=O)[C@H](CC(=O)O)NC(=O)[C@H]([C@@H](C)O)NC(=O)[C@H](CC(=O)O)NC1=O. The summed E-state index contributed by atoms with van der Waals surface area (Å²) in [5.41, 5.74) is 0.590. The Morgan fingerprint density at radius 2 is 1.09 bits per heavy atom. The predicted octanol–water partition coefficient (Wildman–Crippen LogP) is -2.45. The van der Waals surface area contributed by atoms with E-state index in [1.54, 1.807) is 44.2 Å². The number of amides is 6. The largest absolute Gasteiger partial charge is 0.481 e. The molecule has 47 heavy (non-hydrogen) atoms. The standard InChI is InChI=1S/C30H42N6O11/c1-14(2)10-18-27(44)34-21(13-23(40)41)29(46)36-24(16(4)37)30(47)35-20(12-22(38)39)28(45)33-19(11-17-8-6-5-7-9-17)26(43)31-15(3)25(42)32-18/h5-9,14-16,18-21,24,37H,10-13H2,1-4H3,(H,31,43)(H,32,42)(H,33,45)(H,34,44)(H,35,47)(H,36,46)(H,38,39)(H,40,41)/t15-,16+,18-,19+,20-,21-,24-/m0/s1. The number of carbonyl (C=O) groups excluding carboxylic acids is 6. The molecule has 0 radical (unpaired) electrons. The zero-order chi connectivity index (χ0) is 35.4. The van der Waals surface area contributed by atoms with Crippen molar-refractivity contribution in [3.63, 3.8) is 0 Å². The normalized spacial score (nSPS) is 25.9. The van der Waals surface area contributed by atoms with Crippen molar-refractivity contribution in [2.75, 3.05) is 0 Å². The molecule has 1 aromatic rings. The highest BCUT2D eigenvalue weighted by Crippen LogP contribution is 2.09. The molecule has 7 atom stereocenters. The number of nitrogens with one attached hydrogen (secondary N) is 6. The summed E-state index contributed by atoms with van der Waals surface area (Å²) in [7, 11) is 0. The summed E-state index contributed by atoms with van der Waals surface area (Å²) in [6, 6.07) is -0.919. The van der Waals surface area contributed by atoms with Crippen LogP contribution in [0.25, 0.3) is 0 Å². The fourth-order valence-corrected chi connectivity index (χ4v) is 4.67. The highest BCUT2D eigenvalue weighted by atomic mass is 16.4. The van der Waals surface area contributed by atoms with Crippen molar-refractivity contribution in [2.45, 2.75) is 95.7 Å². The van der Waals surface area contributed by atoms with Gasteiger partial charge in [0.1, 0.15) is 36.3 Å². The fourth-order valence-electron chi connectivity index (χ4n) is 4.67. The molecule has 0 unspecified atom stereocenters. The number of rotatable bonds is 9. The smallest absolute Gasteiger partial charge is 0.305 e. The summed E-state index contributed by atoms with van der Waals surface area (Å²) in [5.74, 6) is -9.27. The second-order valence-corrected chi connectivity index (χ2v) is 11.7. The minimum Gasteiger partial charge on any atom is -0.481 e. The Hall–Kier alpha value is -5.06. The van der Waals surface area contributed by atoms with Crippen LogP contribution in [0, 0.1) is 5.92 Å². The van der Waals surface area contributed by atoms with Crippen LogP contribution in [0.5, 0.6) is 0 Å². The molecule has 6 amide bonds. The van der Waals surface area contributed by atoms with Gasteiger partial charge in [0.25, 0.3) is 0 Å². The highest BCUT2D eigenvalue weighted by Gasteiger charge is 2.36. The first-order valence-corrected chi connectivity index (χ1v) is 15.0. The van der Waals surface area contributed by atoms with Gasteiger partial charge in [0.15, 0.2) is 0 Å². The number of aliphatic carboxylic acids is 2. The molecule has 2 rings (SSSR count). The minimum absolute atomic E-state index is 0.0516. The maximum atomic E-state index is 13.4. The zero-order valence-corrected chi connectivity index (χ0v) is 26.4. The van der Waals surface area contributed by atoms with E-state index in [0.717, 1.165) is 6.92 Å². The van der Waals surface area contributed by atoms with Crippen LogP contribution in [0.1, 0.15) is 52.5 Å². The maximum absolute atomic E-state index is 13.4. The molecule has 1 fully saturated rings. The molecule has 0 spiro atoms. The van der Waals surface area contributed by atoms with Crippen molar-refractivity contribution in [1.82, 2.24) is 31.9 Å². The number of hydrogen-bond donors (Lipinski definition) is 9. The van der Waals surface area contributed by atoms with Crippen molar-refractivity contribution in [1.29, 1.82) is 0 Å². The molecule has 1 saturated heterocycles. The van der Waals surface area contributed by atoms with Crippen LogP contribution in [0.15, 0.2) is 30.3 Å². The van der Waals surface area contributed by atoms with Gasteiger partial charge in [-0.25, -0.2) is 0 Å². The summed E-state index contributed by atoms with van der Waals surface area (Å²) in [4.78, 5) is 103. The van der Waals surface area contributed by atoms with Gasteiger partial charge in [-0.15, -0.1) is 0 Å². The lowest BCUT2D eigenvalue weighted by atomic mass is 10.0. The van der Waals surface area contributed by atoms with Crippen LogP contribution < -0.4 is 31.9 Å². The summed E-state index contributed by atoms with van der Waals surface area (Å²) < 4.78 is 0. The van der Waals surface area contributed by atoms with E-state index in [4.69, 9.17) is 0 Å². The zero-order valence-electron chi connectivity index (χ0n) is 26.4. The lowest BCUT2D eigenvalue weighted by Crippen LogP contribution is -2.63. The van der Waals surface area contributed by atoms with Gasteiger partial charge < -0.3 is 47.2 Å².